The fourth-order valence-electron chi connectivity index (χ4n) is 2.80. The Morgan fingerprint density at radius 3 is 2.21 bits per heavy atom. The van der Waals surface area contributed by atoms with Gasteiger partial charge in [-0.1, -0.05) is 0 Å². The van der Waals surface area contributed by atoms with Gasteiger partial charge in [0.1, 0.15) is 5.75 Å². The summed E-state index contributed by atoms with van der Waals surface area (Å²) in [5.41, 5.74) is 0.626. The van der Waals surface area contributed by atoms with Crippen LogP contribution in [0.15, 0.2) is 47.1 Å². The van der Waals surface area contributed by atoms with Crippen molar-refractivity contribution in [1.29, 1.82) is 0 Å². The molecule has 24 heavy (non-hydrogen) atoms. The Kier molecular flexibility index (Phi) is 4.84. The van der Waals surface area contributed by atoms with Gasteiger partial charge >= 0.3 is 0 Å². The molecule has 0 aliphatic carbocycles. The third kappa shape index (κ3) is 3.42. The summed E-state index contributed by atoms with van der Waals surface area (Å²) in [6, 6.07) is 10.4. The minimum Gasteiger partial charge on any atom is -0.497 e. The van der Waals surface area contributed by atoms with Gasteiger partial charge in [-0.3, -0.25) is 9.59 Å². The van der Waals surface area contributed by atoms with E-state index < -0.39 is 0 Å². The number of hydrogen-bond donors (Lipinski definition) is 0. The second-order valence-corrected chi connectivity index (χ2v) is 5.64. The van der Waals surface area contributed by atoms with Gasteiger partial charge in [-0.05, 0) is 42.8 Å². The van der Waals surface area contributed by atoms with Gasteiger partial charge in [-0.2, -0.15) is 0 Å². The van der Waals surface area contributed by atoms with Crippen LogP contribution in [0.4, 0.5) is 0 Å². The largest absolute Gasteiger partial charge is 0.497 e. The highest BCUT2D eigenvalue weighted by Gasteiger charge is 2.24. The molecule has 6 nitrogen and oxygen atoms in total. The van der Waals surface area contributed by atoms with Crippen LogP contribution in [-0.2, 0) is 0 Å². The third-order valence-electron chi connectivity index (χ3n) is 4.14. The number of carbonyl (C=O) groups excluding carboxylic acids is 2. The van der Waals surface area contributed by atoms with Crippen molar-refractivity contribution in [3.05, 3.63) is 54.0 Å². The zero-order valence-electron chi connectivity index (χ0n) is 13.6. The summed E-state index contributed by atoms with van der Waals surface area (Å²) in [7, 11) is 1.59. The Morgan fingerprint density at radius 2 is 1.62 bits per heavy atom. The molecule has 2 aromatic rings. The fraction of sp³-hybridized carbons (Fsp3) is 0.333. The third-order valence-corrected chi connectivity index (χ3v) is 4.14. The lowest BCUT2D eigenvalue weighted by molar-refractivity contribution is 0.0700. The molecule has 6 heteroatoms. The van der Waals surface area contributed by atoms with Gasteiger partial charge in [0.05, 0.1) is 13.4 Å². The first-order valence-electron chi connectivity index (χ1n) is 7.95. The van der Waals surface area contributed by atoms with Crippen molar-refractivity contribution in [2.75, 3.05) is 33.3 Å². The molecule has 1 aromatic heterocycles. The van der Waals surface area contributed by atoms with E-state index in [1.807, 2.05) is 0 Å². The van der Waals surface area contributed by atoms with Gasteiger partial charge in [0.2, 0.25) is 0 Å². The number of amides is 2. The molecule has 0 unspecified atom stereocenters. The average molecular weight is 328 g/mol. The molecule has 2 amide bonds. The summed E-state index contributed by atoms with van der Waals surface area (Å²) in [4.78, 5) is 28.5. The van der Waals surface area contributed by atoms with E-state index in [9.17, 15) is 9.59 Å². The first-order valence-corrected chi connectivity index (χ1v) is 7.95. The molecular formula is C18H20N2O4. The van der Waals surface area contributed by atoms with Crippen LogP contribution in [0.1, 0.15) is 27.3 Å². The highest BCUT2D eigenvalue weighted by molar-refractivity contribution is 5.94. The molecule has 0 atom stereocenters. The van der Waals surface area contributed by atoms with E-state index in [1.165, 1.54) is 6.26 Å². The zero-order valence-corrected chi connectivity index (χ0v) is 13.6. The van der Waals surface area contributed by atoms with Crippen molar-refractivity contribution in [3.63, 3.8) is 0 Å². The molecule has 0 N–H and O–H groups in total. The van der Waals surface area contributed by atoms with Gasteiger partial charge in [0, 0.05) is 31.7 Å². The quantitative estimate of drug-likeness (QED) is 0.867. The van der Waals surface area contributed by atoms with Crippen molar-refractivity contribution in [3.8, 4) is 5.75 Å². The predicted octanol–water partition coefficient (Wildman–Crippen LogP) is 2.28. The molecule has 1 aromatic carbocycles. The molecule has 0 saturated carbocycles. The van der Waals surface area contributed by atoms with Crippen LogP contribution in [0.3, 0.4) is 0 Å². The average Bonchev–Trinajstić information content (AvgIpc) is 3.05. The highest BCUT2D eigenvalue weighted by Crippen LogP contribution is 2.15. The number of carbonyl (C=O) groups is 2. The molecule has 1 aliphatic rings. The van der Waals surface area contributed by atoms with Gasteiger partial charge in [-0.15, -0.1) is 0 Å². The number of methoxy groups -OCH3 is 1. The van der Waals surface area contributed by atoms with Crippen molar-refractivity contribution < 1.29 is 18.7 Å². The molecule has 2 heterocycles. The monoisotopic (exact) mass is 328 g/mol. The number of hydrogen-bond acceptors (Lipinski definition) is 4. The molecule has 0 spiro atoms. The van der Waals surface area contributed by atoms with Gasteiger partial charge in [0.25, 0.3) is 11.8 Å². The number of nitrogens with zero attached hydrogens (tertiary/aromatic N) is 2. The minimum absolute atomic E-state index is 0.0232. The van der Waals surface area contributed by atoms with Gasteiger partial charge in [0.15, 0.2) is 5.76 Å². The Bertz CT molecular complexity index is 694. The van der Waals surface area contributed by atoms with Crippen LogP contribution in [0, 0.1) is 0 Å². The van der Waals surface area contributed by atoms with Gasteiger partial charge in [-0.25, -0.2) is 0 Å². The summed E-state index contributed by atoms with van der Waals surface area (Å²) < 4.78 is 10.3. The summed E-state index contributed by atoms with van der Waals surface area (Å²) in [5.74, 6) is 0.909. The first-order chi connectivity index (χ1) is 11.7. The fourth-order valence-corrected chi connectivity index (χ4v) is 2.80. The molecule has 126 valence electrons. The molecule has 1 saturated heterocycles. The van der Waals surface area contributed by atoms with Crippen LogP contribution in [0.25, 0.3) is 0 Å². The van der Waals surface area contributed by atoms with E-state index in [-0.39, 0.29) is 11.8 Å². The van der Waals surface area contributed by atoms with Crippen molar-refractivity contribution in [1.82, 2.24) is 9.80 Å². The molecule has 1 aliphatic heterocycles. The van der Waals surface area contributed by atoms with Crippen molar-refractivity contribution >= 4 is 11.8 Å². The summed E-state index contributed by atoms with van der Waals surface area (Å²) in [6.07, 6.45) is 2.24. The molecule has 3 rings (SSSR count). The maximum atomic E-state index is 12.6. The Labute approximate surface area is 140 Å². The van der Waals surface area contributed by atoms with Crippen LogP contribution >= 0.6 is 0 Å². The SMILES string of the molecule is COc1ccc(C(=O)N2CCCN(C(=O)c3ccco3)CC2)cc1. The lowest BCUT2D eigenvalue weighted by Crippen LogP contribution is -2.37. The lowest BCUT2D eigenvalue weighted by Gasteiger charge is -2.21. The second-order valence-electron chi connectivity index (χ2n) is 5.64. The molecule has 0 radical (unpaired) electrons. The predicted molar refractivity (Wildman–Crippen MR) is 88.1 cm³/mol. The second kappa shape index (κ2) is 7.21. The summed E-state index contributed by atoms with van der Waals surface area (Å²) >= 11 is 0. The number of ether oxygens (including phenoxy) is 1. The number of benzene rings is 1. The van der Waals surface area contributed by atoms with E-state index in [0.717, 1.165) is 12.2 Å². The normalized spacial score (nSPS) is 15.0. The maximum absolute atomic E-state index is 12.6. The van der Waals surface area contributed by atoms with Crippen LogP contribution in [0.5, 0.6) is 5.75 Å². The lowest BCUT2D eigenvalue weighted by atomic mass is 10.2. The smallest absolute Gasteiger partial charge is 0.289 e. The van der Waals surface area contributed by atoms with E-state index in [0.29, 0.717) is 37.5 Å². The topological polar surface area (TPSA) is 63.0 Å². The highest BCUT2D eigenvalue weighted by atomic mass is 16.5. The molecular weight excluding hydrogens is 308 g/mol. The van der Waals surface area contributed by atoms with Crippen LogP contribution in [-0.4, -0.2) is 54.9 Å². The maximum Gasteiger partial charge on any atom is 0.289 e. The van der Waals surface area contributed by atoms with Gasteiger partial charge < -0.3 is 19.0 Å². The minimum atomic E-state index is -0.126. The number of furan rings is 1. The first kappa shape index (κ1) is 16.1. The Morgan fingerprint density at radius 1 is 0.958 bits per heavy atom. The van der Waals surface area contributed by atoms with Crippen molar-refractivity contribution in [2.24, 2.45) is 0 Å². The summed E-state index contributed by atoms with van der Waals surface area (Å²) in [5, 5.41) is 0. The molecule has 1 fully saturated rings. The summed E-state index contributed by atoms with van der Waals surface area (Å²) in [6.45, 7) is 2.26. The molecule has 0 bridgehead atoms. The van der Waals surface area contributed by atoms with E-state index >= 15 is 0 Å². The zero-order chi connectivity index (χ0) is 16.9. The van der Waals surface area contributed by atoms with Crippen molar-refractivity contribution in [2.45, 2.75) is 6.42 Å². The van der Waals surface area contributed by atoms with Crippen LogP contribution in [0.2, 0.25) is 0 Å². The van der Waals surface area contributed by atoms with E-state index in [1.54, 1.807) is 53.3 Å². The van der Waals surface area contributed by atoms with Crippen LogP contribution < -0.4 is 4.74 Å². The number of rotatable bonds is 3. The van der Waals surface area contributed by atoms with E-state index in [4.69, 9.17) is 9.15 Å². The van der Waals surface area contributed by atoms with E-state index in [2.05, 4.69) is 0 Å². The Hall–Kier alpha value is -2.76. The standard InChI is InChI=1S/C18H20N2O4/c1-23-15-7-5-14(6-8-15)17(21)19-9-3-10-20(12-11-19)18(22)16-4-2-13-24-16/h2,4-8,13H,3,9-12H2,1H3. The Balaban J connectivity index is 1.64.